The quantitative estimate of drug-likeness (QED) is 0.853. The first kappa shape index (κ1) is 13.5. The zero-order valence-corrected chi connectivity index (χ0v) is 11.1. The Balaban J connectivity index is 2.37. The number of hydrogen-bond acceptors (Lipinski definition) is 3. The second kappa shape index (κ2) is 5.01. The molecule has 3 N–H and O–H groups in total. The van der Waals surface area contributed by atoms with Gasteiger partial charge in [-0.3, -0.25) is 9.59 Å². The van der Waals surface area contributed by atoms with Crippen LogP contribution < -0.4 is 5.73 Å². The molecule has 0 saturated carbocycles. The van der Waals surface area contributed by atoms with Crippen LogP contribution in [-0.4, -0.2) is 34.5 Å². The number of carbonyl (C=O) groups is 2. The van der Waals surface area contributed by atoms with Crippen LogP contribution in [0.5, 0.6) is 0 Å². The van der Waals surface area contributed by atoms with Gasteiger partial charge in [0.25, 0.3) is 5.91 Å². The fourth-order valence-corrected chi connectivity index (χ4v) is 2.35. The number of benzene rings is 1. The van der Waals surface area contributed by atoms with Crippen molar-refractivity contribution in [3.05, 3.63) is 34.9 Å². The van der Waals surface area contributed by atoms with Crippen LogP contribution in [0.2, 0.25) is 0 Å². The average Bonchev–Trinajstić information content (AvgIpc) is 2.67. The van der Waals surface area contributed by atoms with E-state index in [1.165, 1.54) is 0 Å². The second-order valence-electron chi connectivity index (χ2n) is 5.07. The minimum absolute atomic E-state index is 0.0240. The monoisotopic (exact) mass is 262 g/mol. The number of rotatable bonds is 4. The molecule has 0 fully saturated rings. The standard InChI is InChI=1S/C14H18N2O3/c1-8(2)16-7-10-4-3-9(5-11(10)13(16)17)12(6-15)14(18)19/h3-5,8,12H,6-7,15H2,1-2H3,(H,18,19). The molecule has 102 valence electrons. The summed E-state index contributed by atoms with van der Waals surface area (Å²) in [6, 6.07) is 5.39. The number of amides is 1. The van der Waals surface area contributed by atoms with Crippen molar-refractivity contribution in [2.24, 2.45) is 5.73 Å². The van der Waals surface area contributed by atoms with Crippen molar-refractivity contribution in [2.75, 3.05) is 6.54 Å². The number of nitrogens with zero attached hydrogens (tertiary/aromatic N) is 1. The topological polar surface area (TPSA) is 83.6 Å². The molecular formula is C14H18N2O3. The lowest BCUT2D eigenvalue weighted by Crippen LogP contribution is -2.30. The first-order valence-corrected chi connectivity index (χ1v) is 6.32. The fraction of sp³-hybridized carbons (Fsp3) is 0.429. The van der Waals surface area contributed by atoms with Crippen molar-refractivity contribution in [1.82, 2.24) is 4.90 Å². The molecule has 0 bridgehead atoms. The summed E-state index contributed by atoms with van der Waals surface area (Å²) in [6.45, 7) is 4.54. The molecule has 1 atom stereocenters. The molecule has 1 aliphatic heterocycles. The molecule has 1 aromatic rings. The van der Waals surface area contributed by atoms with Crippen molar-refractivity contribution < 1.29 is 14.7 Å². The maximum absolute atomic E-state index is 12.2. The van der Waals surface area contributed by atoms with Crippen molar-refractivity contribution in [2.45, 2.75) is 32.4 Å². The van der Waals surface area contributed by atoms with E-state index in [1.807, 2.05) is 19.9 Å². The van der Waals surface area contributed by atoms with E-state index < -0.39 is 11.9 Å². The summed E-state index contributed by atoms with van der Waals surface area (Å²) in [5.41, 5.74) is 7.63. The Morgan fingerprint density at radius 3 is 2.68 bits per heavy atom. The molecule has 0 spiro atoms. The molecule has 1 amide bonds. The van der Waals surface area contributed by atoms with E-state index >= 15 is 0 Å². The summed E-state index contributed by atoms with van der Waals surface area (Å²) in [7, 11) is 0. The van der Waals surface area contributed by atoms with Crippen LogP contribution in [0.15, 0.2) is 18.2 Å². The number of fused-ring (bicyclic) bond motifs is 1. The highest BCUT2D eigenvalue weighted by molar-refractivity contribution is 5.99. The molecule has 0 aliphatic carbocycles. The third-order valence-corrected chi connectivity index (χ3v) is 3.53. The number of carbonyl (C=O) groups excluding carboxylic acids is 1. The van der Waals surface area contributed by atoms with Crippen molar-refractivity contribution in [3.63, 3.8) is 0 Å². The van der Waals surface area contributed by atoms with E-state index in [0.717, 1.165) is 5.56 Å². The van der Waals surface area contributed by atoms with E-state index in [4.69, 9.17) is 10.8 Å². The lowest BCUT2D eigenvalue weighted by atomic mass is 9.96. The van der Waals surface area contributed by atoms with Gasteiger partial charge in [-0.25, -0.2) is 0 Å². The summed E-state index contributed by atoms with van der Waals surface area (Å²) in [5, 5.41) is 9.11. The molecular weight excluding hydrogens is 244 g/mol. The Morgan fingerprint density at radius 2 is 2.16 bits per heavy atom. The zero-order chi connectivity index (χ0) is 14.2. The number of nitrogens with two attached hydrogens (primary N) is 1. The van der Waals surface area contributed by atoms with Gasteiger partial charge in [0.1, 0.15) is 0 Å². The van der Waals surface area contributed by atoms with Crippen LogP contribution >= 0.6 is 0 Å². The summed E-state index contributed by atoms with van der Waals surface area (Å²) in [4.78, 5) is 25.1. The number of hydrogen-bond donors (Lipinski definition) is 2. The molecule has 2 rings (SSSR count). The number of carboxylic acids is 1. The number of aliphatic carboxylic acids is 1. The highest BCUT2D eigenvalue weighted by Gasteiger charge is 2.30. The molecule has 0 radical (unpaired) electrons. The van der Waals surface area contributed by atoms with Crippen LogP contribution in [0.1, 0.15) is 41.3 Å². The van der Waals surface area contributed by atoms with Crippen molar-refractivity contribution in [1.29, 1.82) is 0 Å². The van der Waals surface area contributed by atoms with E-state index in [1.54, 1.807) is 17.0 Å². The minimum Gasteiger partial charge on any atom is -0.481 e. The smallest absolute Gasteiger partial charge is 0.312 e. The van der Waals surface area contributed by atoms with Gasteiger partial charge in [-0.05, 0) is 31.0 Å². The maximum atomic E-state index is 12.2. The van der Waals surface area contributed by atoms with Crippen molar-refractivity contribution in [3.8, 4) is 0 Å². The third kappa shape index (κ3) is 2.33. The van der Waals surface area contributed by atoms with E-state index in [-0.39, 0.29) is 18.5 Å². The average molecular weight is 262 g/mol. The van der Waals surface area contributed by atoms with Gasteiger partial charge >= 0.3 is 5.97 Å². The molecule has 19 heavy (non-hydrogen) atoms. The lowest BCUT2D eigenvalue weighted by molar-refractivity contribution is -0.138. The van der Waals surface area contributed by atoms with Gasteiger partial charge in [0.05, 0.1) is 5.92 Å². The highest BCUT2D eigenvalue weighted by atomic mass is 16.4. The predicted molar refractivity (Wildman–Crippen MR) is 70.9 cm³/mol. The molecule has 5 nitrogen and oxygen atoms in total. The Morgan fingerprint density at radius 1 is 1.47 bits per heavy atom. The lowest BCUT2D eigenvalue weighted by Gasteiger charge is -2.19. The molecule has 1 unspecified atom stereocenters. The van der Waals surface area contributed by atoms with Gasteiger partial charge in [-0.15, -0.1) is 0 Å². The maximum Gasteiger partial charge on any atom is 0.312 e. The predicted octanol–water partition coefficient (Wildman–Crippen LogP) is 1.18. The number of carboxylic acid groups (broad SMARTS) is 1. The molecule has 5 heteroatoms. The summed E-state index contributed by atoms with van der Waals surface area (Å²) >= 11 is 0. The molecule has 0 saturated heterocycles. The van der Waals surface area contributed by atoms with Crippen molar-refractivity contribution >= 4 is 11.9 Å². The first-order valence-electron chi connectivity index (χ1n) is 6.32. The van der Waals surface area contributed by atoms with Crippen LogP contribution in [0.25, 0.3) is 0 Å². The molecule has 1 aliphatic rings. The normalized spacial score (nSPS) is 15.8. The molecule has 1 aromatic carbocycles. The van der Waals surface area contributed by atoms with Gasteiger partial charge < -0.3 is 15.7 Å². The van der Waals surface area contributed by atoms with Gasteiger partial charge in [0.2, 0.25) is 0 Å². The van der Waals surface area contributed by atoms with Gasteiger partial charge in [-0.1, -0.05) is 12.1 Å². The SMILES string of the molecule is CC(C)N1Cc2ccc(C(CN)C(=O)O)cc2C1=O. The van der Waals surface area contributed by atoms with E-state index in [9.17, 15) is 9.59 Å². The van der Waals surface area contributed by atoms with Gasteiger partial charge in [0, 0.05) is 24.7 Å². The summed E-state index contributed by atoms with van der Waals surface area (Å²) in [6.07, 6.45) is 0. The largest absolute Gasteiger partial charge is 0.481 e. The highest BCUT2D eigenvalue weighted by Crippen LogP contribution is 2.28. The second-order valence-corrected chi connectivity index (χ2v) is 5.07. The Hall–Kier alpha value is -1.88. The Labute approximate surface area is 112 Å². The van der Waals surface area contributed by atoms with Gasteiger partial charge in [0.15, 0.2) is 0 Å². The van der Waals surface area contributed by atoms with E-state index in [2.05, 4.69) is 0 Å². The zero-order valence-electron chi connectivity index (χ0n) is 11.1. The Kier molecular flexibility index (Phi) is 3.57. The first-order chi connectivity index (χ1) is 8.95. The fourth-order valence-electron chi connectivity index (χ4n) is 2.35. The van der Waals surface area contributed by atoms with Crippen LogP contribution in [0, 0.1) is 0 Å². The molecule has 1 heterocycles. The summed E-state index contributed by atoms with van der Waals surface area (Å²) < 4.78 is 0. The third-order valence-electron chi connectivity index (χ3n) is 3.53. The van der Waals surface area contributed by atoms with Crippen LogP contribution in [0.3, 0.4) is 0 Å². The van der Waals surface area contributed by atoms with Gasteiger partial charge in [-0.2, -0.15) is 0 Å². The van der Waals surface area contributed by atoms with Crippen LogP contribution in [0.4, 0.5) is 0 Å². The molecule has 0 aromatic heterocycles. The Bertz CT molecular complexity index is 525. The van der Waals surface area contributed by atoms with Crippen LogP contribution in [-0.2, 0) is 11.3 Å². The van der Waals surface area contributed by atoms with E-state index in [0.29, 0.717) is 17.7 Å². The minimum atomic E-state index is -0.964. The summed E-state index contributed by atoms with van der Waals surface area (Å²) in [5.74, 6) is -1.76.